The molecule has 1 aliphatic rings. The Morgan fingerprint density at radius 2 is 1.90 bits per heavy atom. The minimum Gasteiger partial charge on any atom is -0.444 e. The second-order valence-electron chi connectivity index (χ2n) is 11.7. The smallest absolute Gasteiger partial charge is 0.444 e. The van der Waals surface area contributed by atoms with Crippen molar-refractivity contribution in [3.63, 3.8) is 0 Å². The predicted octanol–water partition coefficient (Wildman–Crippen LogP) is 4.80. The lowest BCUT2D eigenvalue weighted by atomic mass is 9.92. The highest BCUT2D eigenvalue weighted by Gasteiger charge is 2.43. The van der Waals surface area contributed by atoms with E-state index >= 15 is 4.39 Å². The van der Waals surface area contributed by atoms with E-state index in [-0.39, 0.29) is 61.0 Å². The third kappa shape index (κ3) is 8.43. The number of rotatable bonds is 9. The first-order chi connectivity index (χ1) is 18.8. The maximum atomic E-state index is 15.2. The zero-order chi connectivity index (χ0) is 30.8. The molecule has 13 nitrogen and oxygen atoms in total. The summed E-state index contributed by atoms with van der Waals surface area (Å²) in [6, 6.07) is 2.42. The van der Waals surface area contributed by atoms with E-state index in [2.05, 4.69) is 14.5 Å². The lowest BCUT2D eigenvalue weighted by Crippen LogP contribution is -2.53. The van der Waals surface area contributed by atoms with Gasteiger partial charge in [-0.1, -0.05) is 20.8 Å². The molecular weight excluding hydrogens is 569 g/mol. The van der Waals surface area contributed by atoms with Crippen LogP contribution in [0.5, 0.6) is 0 Å². The molecule has 1 aromatic heterocycles. The van der Waals surface area contributed by atoms with Crippen LogP contribution in [0.1, 0.15) is 59.9 Å². The van der Waals surface area contributed by atoms with Gasteiger partial charge in [0, 0.05) is 18.4 Å². The molecule has 0 atom stereocenters. The monoisotopic (exact) mass is 602 g/mol. The molecule has 0 unspecified atom stereocenters. The van der Waals surface area contributed by atoms with E-state index in [1.807, 2.05) is 20.8 Å². The van der Waals surface area contributed by atoms with Crippen molar-refractivity contribution in [2.75, 3.05) is 26.6 Å². The number of carbonyl (C=O) groups is 1. The summed E-state index contributed by atoms with van der Waals surface area (Å²) < 4.78 is 67.7. The van der Waals surface area contributed by atoms with E-state index in [0.717, 1.165) is 6.07 Å². The van der Waals surface area contributed by atoms with Gasteiger partial charge in [0.2, 0.25) is 12.7 Å². The maximum Gasteiger partial charge on any atom is 0.511 e. The fourth-order valence-electron chi connectivity index (χ4n) is 3.93. The standard InChI is InChI=1S/C25H33F2N4O9P/c1-23(2,3)10-17(37-14-38-22(32)40-25(12-36-13-25)7-8-39-41(33,34)35)29-21-30-19-16(26)9-15(11-28)18(27)20(19)31(21)24(4,5)6/h9H,7-8,10,12-14H2,1-6H3,(H2,33,34,35)/b29-17-. The number of imidazole rings is 1. The normalized spacial score (nSPS) is 15.8. The summed E-state index contributed by atoms with van der Waals surface area (Å²) in [7, 11) is -4.69. The van der Waals surface area contributed by atoms with Crippen molar-refractivity contribution >= 4 is 36.9 Å². The molecular formula is C25H33F2N4O9P. The second-order valence-corrected chi connectivity index (χ2v) is 12.9. The summed E-state index contributed by atoms with van der Waals surface area (Å²) in [5.74, 6) is -1.86. The number of ether oxygens (including phenoxy) is 4. The minimum atomic E-state index is -4.69. The molecule has 2 N–H and O–H groups in total. The van der Waals surface area contributed by atoms with Gasteiger partial charge in [-0.15, -0.1) is 0 Å². The highest BCUT2D eigenvalue weighted by molar-refractivity contribution is 7.46. The van der Waals surface area contributed by atoms with Gasteiger partial charge in [0.15, 0.2) is 23.1 Å². The Hall–Kier alpha value is -3.15. The third-order valence-corrected chi connectivity index (χ3v) is 6.27. The second kappa shape index (κ2) is 12.0. The Labute approximate surface area is 235 Å². The van der Waals surface area contributed by atoms with Crippen LogP contribution < -0.4 is 0 Å². The van der Waals surface area contributed by atoms with Gasteiger partial charge < -0.3 is 33.3 Å². The van der Waals surface area contributed by atoms with Gasteiger partial charge in [-0.3, -0.25) is 4.52 Å². The molecule has 0 bridgehead atoms. The molecule has 0 radical (unpaired) electrons. The highest BCUT2D eigenvalue weighted by Crippen LogP contribution is 2.38. The zero-order valence-corrected chi connectivity index (χ0v) is 24.5. The van der Waals surface area contributed by atoms with Crippen LogP contribution >= 0.6 is 7.82 Å². The fraction of sp³-hybridized carbons (Fsp3) is 0.600. The van der Waals surface area contributed by atoms with E-state index < -0.39 is 49.1 Å². The first-order valence-corrected chi connectivity index (χ1v) is 14.0. The van der Waals surface area contributed by atoms with Crippen LogP contribution in [0.2, 0.25) is 0 Å². The van der Waals surface area contributed by atoms with Gasteiger partial charge in [-0.25, -0.2) is 23.1 Å². The Morgan fingerprint density at radius 1 is 1.24 bits per heavy atom. The number of phosphoric ester groups is 1. The number of halogens is 2. The van der Waals surface area contributed by atoms with Crippen LogP contribution in [0.15, 0.2) is 11.1 Å². The number of carbonyl (C=O) groups excluding carboxylic acids is 1. The van der Waals surface area contributed by atoms with Crippen LogP contribution in [0.3, 0.4) is 0 Å². The molecule has 3 rings (SSSR count). The number of aromatic nitrogens is 2. The molecule has 0 spiro atoms. The van der Waals surface area contributed by atoms with Crippen LogP contribution in [0.4, 0.5) is 19.5 Å². The number of phosphoric acid groups is 1. The number of hydrogen-bond donors (Lipinski definition) is 2. The number of nitriles is 1. The van der Waals surface area contributed by atoms with Crippen molar-refractivity contribution in [2.45, 2.75) is 65.5 Å². The quantitative estimate of drug-likeness (QED) is 0.133. The average Bonchev–Trinajstić information content (AvgIpc) is 3.18. The van der Waals surface area contributed by atoms with Gasteiger partial charge in [0.1, 0.15) is 17.1 Å². The van der Waals surface area contributed by atoms with Gasteiger partial charge in [-0.05, 0) is 32.3 Å². The van der Waals surface area contributed by atoms with Crippen LogP contribution in [0.25, 0.3) is 11.0 Å². The summed E-state index contributed by atoms with van der Waals surface area (Å²) in [5.41, 5.74) is -3.40. The van der Waals surface area contributed by atoms with Crippen molar-refractivity contribution in [2.24, 2.45) is 10.4 Å². The summed E-state index contributed by atoms with van der Waals surface area (Å²) in [4.78, 5) is 38.6. The predicted molar refractivity (Wildman–Crippen MR) is 140 cm³/mol. The molecule has 0 amide bonds. The molecule has 1 saturated heterocycles. The van der Waals surface area contributed by atoms with Crippen LogP contribution in [-0.4, -0.2) is 63.6 Å². The largest absolute Gasteiger partial charge is 0.511 e. The highest BCUT2D eigenvalue weighted by atomic mass is 31.2. The fourth-order valence-corrected chi connectivity index (χ4v) is 4.26. The Morgan fingerprint density at radius 3 is 2.41 bits per heavy atom. The number of benzene rings is 1. The van der Waals surface area contributed by atoms with E-state index in [4.69, 9.17) is 28.7 Å². The zero-order valence-electron chi connectivity index (χ0n) is 23.6. The Balaban J connectivity index is 1.83. The topological polar surface area (TPSA) is 175 Å². The molecule has 41 heavy (non-hydrogen) atoms. The van der Waals surface area contributed by atoms with E-state index in [0.29, 0.717) is 0 Å². The summed E-state index contributed by atoms with van der Waals surface area (Å²) in [5, 5.41) is 9.25. The number of hydrogen-bond acceptors (Lipinski definition) is 10. The van der Waals surface area contributed by atoms with Crippen molar-refractivity contribution in [1.29, 1.82) is 5.26 Å². The van der Waals surface area contributed by atoms with Gasteiger partial charge in [-0.2, -0.15) is 10.3 Å². The Bertz CT molecular complexity index is 1410. The number of fused-ring (bicyclic) bond motifs is 1. The summed E-state index contributed by atoms with van der Waals surface area (Å²) in [6.07, 6.45) is -0.964. The minimum absolute atomic E-state index is 0.0200. The van der Waals surface area contributed by atoms with E-state index in [9.17, 15) is 19.0 Å². The van der Waals surface area contributed by atoms with E-state index in [1.54, 1.807) is 26.8 Å². The number of nitrogens with zero attached hydrogens (tertiary/aromatic N) is 4. The molecule has 16 heteroatoms. The molecule has 2 aromatic rings. The molecule has 0 saturated carbocycles. The first-order valence-electron chi connectivity index (χ1n) is 12.5. The lowest BCUT2D eigenvalue weighted by Gasteiger charge is -2.39. The molecule has 2 heterocycles. The summed E-state index contributed by atoms with van der Waals surface area (Å²) >= 11 is 0. The van der Waals surface area contributed by atoms with E-state index in [1.165, 1.54) is 4.57 Å². The molecule has 226 valence electrons. The van der Waals surface area contributed by atoms with Gasteiger partial charge >= 0.3 is 14.0 Å². The van der Waals surface area contributed by atoms with Crippen molar-refractivity contribution < 1.29 is 51.4 Å². The third-order valence-electron chi connectivity index (χ3n) is 5.75. The maximum absolute atomic E-state index is 15.2. The molecule has 1 aromatic carbocycles. The average molecular weight is 603 g/mol. The van der Waals surface area contributed by atoms with Crippen LogP contribution in [-0.2, 0) is 33.6 Å². The molecule has 1 aliphatic heterocycles. The van der Waals surface area contributed by atoms with Crippen molar-refractivity contribution in [3.05, 3.63) is 23.3 Å². The Kier molecular flexibility index (Phi) is 9.46. The first kappa shape index (κ1) is 32.4. The van der Waals surface area contributed by atoms with Crippen LogP contribution in [0, 0.1) is 28.4 Å². The lowest BCUT2D eigenvalue weighted by molar-refractivity contribution is -0.197. The van der Waals surface area contributed by atoms with Gasteiger partial charge in [0.25, 0.3) is 0 Å². The van der Waals surface area contributed by atoms with Crippen molar-refractivity contribution in [1.82, 2.24) is 9.55 Å². The number of aliphatic imine (C=N–C) groups is 1. The SMILES string of the molecule is CC(C)(C)C/C(=N/c1nc2c(F)cc(C#N)c(F)c2n1C(C)(C)C)OCOC(=O)OC1(CCOP(=O)(O)O)COC1. The van der Waals surface area contributed by atoms with Crippen molar-refractivity contribution in [3.8, 4) is 6.07 Å². The molecule has 1 fully saturated rings. The molecule has 0 aliphatic carbocycles. The van der Waals surface area contributed by atoms with Gasteiger partial charge in [0.05, 0.1) is 25.4 Å². The summed E-state index contributed by atoms with van der Waals surface area (Å²) in [6.45, 7) is 9.83.